The zero-order valence-electron chi connectivity index (χ0n) is 14.2. The fourth-order valence-electron chi connectivity index (χ4n) is 2.51. The van der Waals surface area contributed by atoms with Gasteiger partial charge in [-0.3, -0.25) is 9.69 Å². The number of thiocarbonyl (C=S) groups is 1. The highest BCUT2D eigenvalue weighted by Crippen LogP contribution is 2.38. The van der Waals surface area contributed by atoms with Crippen molar-refractivity contribution < 1.29 is 18.7 Å². The molecule has 1 heterocycles. The summed E-state index contributed by atoms with van der Waals surface area (Å²) in [6, 6.07) is 11.4. The Morgan fingerprint density at radius 3 is 2.69 bits per heavy atom. The summed E-state index contributed by atoms with van der Waals surface area (Å²) in [7, 11) is 1.55. The van der Waals surface area contributed by atoms with E-state index in [2.05, 4.69) is 0 Å². The number of halogens is 1. The molecule has 4 nitrogen and oxygen atoms in total. The van der Waals surface area contributed by atoms with Crippen molar-refractivity contribution in [2.75, 3.05) is 18.6 Å². The van der Waals surface area contributed by atoms with Gasteiger partial charge in [0, 0.05) is 0 Å². The molecule has 0 aliphatic carbocycles. The van der Waals surface area contributed by atoms with Crippen molar-refractivity contribution in [1.29, 1.82) is 0 Å². The molecule has 1 amide bonds. The number of ether oxygens (including phenoxy) is 2. The maximum atomic E-state index is 14.0. The monoisotopic (exact) mass is 389 g/mol. The Balaban J connectivity index is 1.92. The van der Waals surface area contributed by atoms with E-state index in [1.54, 1.807) is 37.5 Å². The van der Waals surface area contributed by atoms with Crippen molar-refractivity contribution in [2.45, 2.75) is 6.92 Å². The van der Waals surface area contributed by atoms with Crippen molar-refractivity contribution in [3.05, 3.63) is 58.8 Å². The van der Waals surface area contributed by atoms with Crippen LogP contribution in [0.4, 0.5) is 10.1 Å². The molecule has 0 spiro atoms. The van der Waals surface area contributed by atoms with Gasteiger partial charge in [0.05, 0.1) is 24.3 Å². The van der Waals surface area contributed by atoms with Crippen LogP contribution >= 0.6 is 24.0 Å². The standard InChI is InChI=1S/C19H16FNO3S2/c1-3-24-15-9-8-12(10-16(15)23-2)11-17-18(22)21(19(25)26-17)14-7-5-4-6-13(14)20/h4-11H,3H2,1-2H3. The number of amides is 1. The minimum atomic E-state index is -0.493. The number of methoxy groups -OCH3 is 1. The molecule has 0 saturated carbocycles. The molecular weight excluding hydrogens is 373 g/mol. The van der Waals surface area contributed by atoms with Gasteiger partial charge in [-0.2, -0.15) is 0 Å². The van der Waals surface area contributed by atoms with Crippen LogP contribution in [0.2, 0.25) is 0 Å². The fraction of sp³-hybridized carbons (Fsp3) is 0.158. The number of carbonyl (C=O) groups excluding carboxylic acids is 1. The summed E-state index contributed by atoms with van der Waals surface area (Å²) in [5, 5.41) is 0. The molecule has 1 aliphatic rings. The zero-order chi connectivity index (χ0) is 18.7. The Labute approximate surface area is 160 Å². The van der Waals surface area contributed by atoms with Crippen LogP contribution in [-0.4, -0.2) is 23.9 Å². The number of hydrogen-bond donors (Lipinski definition) is 0. The average Bonchev–Trinajstić information content (AvgIpc) is 2.90. The van der Waals surface area contributed by atoms with Crippen LogP contribution in [0.15, 0.2) is 47.4 Å². The summed E-state index contributed by atoms with van der Waals surface area (Å²) in [5.74, 6) is 0.363. The van der Waals surface area contributed by atoms with Crippen LogP contribution in [0.1, 0.15) is 12.5 Å². The first-order valence-electron chi connectivity index (χ1n) is 7.88. The Morgan fingerprint density at radius 2 is 2.00 bits per heavy atom. The van der Waals surface area contributed by atoms with Gasteiger partial charge in [-0.1, -0.05) is 42.2 Å². The van der Waals surface area contributed by atoms with Gasteiger partial charge in [-0.25, -0.2) is 4.39 Å². The van der Waals surface area contributed by atoms with Crippen LogP contribution < -0.4 is 14.4 Å². The highest BCUT2D eigenvalue weighted by atomic mass is 32.2. The molecule has 7 heteroatoms. The molecule has 1 saturated heterocycles. The van der Waals surface area contributed by atoms with Gasteiger partial charge in [-0.05, 0) is 42.8 Å². The third-order valence-electron chi connectivity index (χ3n) is 3.67. The molecule has 1 fully saturated rings. The Morgan fingerprint density at radius 1 is 1.23 bits per heavy atom. The summed E-state index contributed by atoms with van der Waals surface area (Å²) in [6.07, 6.45) is 1.71. The summed E-state index contributed by atoms with van der Waals surface area (Å²) in [6.45, 7) is 2.42. The van der Waals surface area contributed by atoms with E-state index in [1.807, 2.05) is 13.0 Å². The normalized spacial score (nSPS) is 15.7. The Bertz CT molecular complexity index is 898. The van der Waals surface area contributed by atoms with Gasteiger partial charge in [0.15, 0.2) is 15.8 Å². The van der Waals surface area contributed by atoms with Gasteiger partial charge in [0.25, 0.3) is 5.91 Å². The molecule has 0 atom stereocenters. The first-order chi connectivity index (χ1) is 12.5. The van der Waals surface area contributed by atoms with E-state index in [9.17, 15) is 9.18 Å². The molecule has 26 heavy (non-hydrogen) atoms. The van der Waals surface area contributed by atoms with Crippen LogP contribution in [0.5, 0.6) is 11.5 Å². The van der Waals surface area contributed by atoms with Gasteiger partial charge >= 0.3 is 0 Å². The van der Waals surface area contributed by atoms with Crippen LogP contribution in [-0.2, 0) is 4.79 Å². The maximum Gasteiger partial charge on any atom is 0.270 e. The van der Waals surface area contributed by atoms with Gasteiger partial charge in [0.1, 0.15) is 5.82 Å². The van der Waals surface area contributed by atoms with Crippen LogP contribution in [0.3, 0.4) is 0 Å². The van der Waals surface area contributed by atoms with E-state index in [-0.39, 0.29) is 11.6 Å². The minimum absolute atomic E-state index is 0.155. The summed E-state index contributed by atoms with van der Waals surface area (Å²) < 4.78 is 25.2. The largest absolute Gasteiger partial charge is 0.493 e. The maximum absolute atomic E-state index is 14.0. The summed E-state index contributed by atoms with van der Waals surface area (Å²) >= 11 is 6.41. The lowest BCUT2D eigenvalue weighted by molar-refractivity contribution is -0.113. The second-order valence-electron chi connectivity index (χ2n) is 5.31. The van der Waals surface area contributed by atoms with Crippen molar-refractivity contribution >= 4 is 46.0 Å². The second-order valence-corrected chi connectivity index (χ2v) is 6.99. The predicted octanol–water partition coefficient (Wildman–Crippen LogP) is 4.64. The van der Waals surface area contributed by atoms with Crippen LogP contribution in [0.25, 0.3) is 6.08 Å². The van der Waals surface area contributed by atoms with Crippen LogP contribution in [0, 0.1) is 5.82 Å². The third-order valence-corrected chi connectivity index (χ3v) is 4.97. The first kappa shape index (κ1) is 18.4. The number of nitrogens with zero attached hydrogens (tertiary/aromatic N) is 1. The third kappa shape index (κ3) is 3.59. The predicted molar refractivity (Wildman–Crippen MR) is 106 cm³/mol. The molecule has 0 unspecified atom stereocenters. The molecule has 0 radical (unpaired) electrons. The highest BCUT2D eigenvalue weighted by Gasteiger charge is 2.34. The number of anilines is 1. The average molecular weight is 389 g/mol. The highest BCUT2D eigenvalue weighted by molar-refractivity contribution is 8.27. The van der Waals surface area contributed by atoms with Crippen molar-refractivity contribution in [2.24, 2.45) is 0 Å². The van der Waals surface area contributed by atoms with E-state index < -0.39 is 5.82 Å². The quantitative estimate of drug-likeness (QED) is 0.550. The molecule has 2 aromatic rings. The van der Waals surface area contributed by atoms with E-state index in [0.29, 0.717) is 27.3 Å². The lowest BCUT2D eigenvalue weighted by atomic mass is 10.2. The van der Waals surface area contributed by atoms with Gasteiger partial charge < -0.3 is 9.47 Å². The van der Waals surface area contributed by atoms with Gasteiger partial charge in [-0.15, -0.1) is 0 Å². The zero-order valence-corrected chi connectivity index (χ0v) is 15.8. The fourth-order valence-corrected chi connectivity index (χ4v) is 3.79. The van der Waals surface area contributed by atoms with E-state index in [4.69, 9.17) is 21.7 Å². The molecule has 0 N–H and O–H groups in total. The number of benzene rings is 2. The molecule has 0 aromatic heterocycles. The molecule has 2 aromatic carbocycles. The molecule has 0 bridgehead atoms. The second kappa shape index (κ2) is 7.88. The van der Waals surface area contributed by atoms with Crippen molar-refractivity contribution in [3.63, 3.8) is 0 Å². The van der Waals surface area contributed by atoms with Crippen molar-refractivity contribution in [3.8, 4) is 11.5 Å². The number of hydrogen-bond acceptors (Lipinski definition) is 5. The number of rotatable bonds is 5. The Hall–Kier alpha value is -2.38. The summed E-state index contributed by atoms with van der Waals surface area (Å²) in [4.78, 5) is 14.4. The number of thioether (sulfide) groups is 1. The smallest absolute Gasteiger partial charge is 0.270 e. The molecule has 1 aliphatic heterocycles. The SMILES string of the molecule is CCOc1ccc(C=C2SC(=S)N(c3ccccc3F)C2=O)cc1OC. The molecule has 134 valence electrons. The van der Waals surface area contributed by atoms with Crippen molar-refractivity contribution in [1.82, 2.24) is 0 Å². The topological polar surface area (TPSA) is 38.8 Å². The molecule has 3 rings (SSSR count). The first-order valence-corrected chi connectivity index (χ1v) is 9.11. The Kier molecular flexibility index (Phi) is 5.58. The number of carbonyl (C=O) groups is 1. The summed E-state index contributed by atoms with van der Waals surface area (Å²) in [5.41, 5.74) is 0.919. The number of para-hydroxylation sites is 1. The van der Waals surface area contributed by atoms with E-state index in [1.165, 1.54) is 17.0 Å². The molecular formula is C19H16FNO3S2. The lowest BCUT2D eigenvalue weighted by Crippen LogP contribution is -2.28. The van der Waals surface area contributed by atoms with Gasteiger partial charge in [0.2, 0.25) is 0 Å². The van der Waals surface area contributed by atoms with E-state index >= 15 is 0 Å². The lowest BCUT2D eigenvalue weighted by Gasteiger charge is -2.14. The minimum Gasteiger partial charge on any atom is -0.493 e. The van der Waals surface area contributed by atoms with E-state index in [0.717, 1.165) is 17.3 Å².